The number of benzene rings is 2. The molecule has 0 aliphatic rings. The number of hydrogen-bond acceptors (Lipinski definition) is 4. The van der Waals surface area contributed by atoms with E-state index >= 15 is 0 Å². The molecule has 5 heteroatoms. The normalized spacial score (nSPS) is 10.2. The van der Waals surface area contributed by atoms with Gasteiger partial charge in [0.25, 0.3) is 5.91 Å². The van der Waals surface area contributed by atoms with Crippen molar-refractivity contribution < 1.29 is 9.53 Å². The Kier molecular flexibility index (Phi) is 5.49. The Bertz CT molecular complexity index is 857. The van der Waals surface area contributed by atoms with E-state index in [0.29, 0.717) is 17.0 Å². The van der Waals surface area contributed by atoms with Gasteiger partial charge < -0.3 is 15.4 Å². The van der Waals surface area contributed by atoms with E-state index in [2.05, 4.69) is 34.7 Å². The summed E-state index contributed by atoms with van der Waals surface area (Å²) in [5, 5.41) is 6.07. The van der Waals surface area contributed by atoms with Crippen LogP contribution in [0.3, 0.4) is 0 Å². The lowest BCUT2D eigenvalue weighted by atomic mass is 10.1. The highest BCUT2D eigenvalue weighted by Gasteiger charge is 2.06. The molecule has 0 saturated heterocycles. The van der Waals surface area contributed by atoms with Gasteiger partial charge in [0.05, 0.1) is 19.0 Å². The first-order valence-corrected chi connectivity index (χ1v) is 8.45. The van der Waals surface area contributed by atoms with Crippen molar-refractivity contribution in [2.75, 3.05) is 17.7 Å². The van der Waals surface area contributed by atoms with Crippen LogP contribution in [0.5, 0.6) is 5.75 Å². The number of anilines is 3. The van der Waals surface area contributed by atoms with E-state index < -0.39 is 0 Å². The van der Waals surface area contributed by atoms with E-state index in [9.17, 15) is 4.79 Å². The number of aromatic nitrogens is 1. The summed E-state index contributed by atoms with van der Waals surface area (Å²) in [4.78, 5) is 16.6. The monoisotopic (exact) mass is 347 g/mol. The number of ether oxygens (including phenoxy) is 1. The summed E-state index contributed by atoms with van der Waals surface area (Å²) in [5.74, 6) is 1.24. The van der Waals surface area contributed by atoms with E-state index in [1.807, 2.05) is 24.3 Å². The minimum Gasteiger partial charge on any atom is -0.497 e. The van der Waals surface area contributed by atoms with Crippen molar-refractivity contribution in [3.05, 3.63) is 78.0 Å². The fraction of sp³-hybridized carbons (Fsp3) is 0.143. The van der Waals surface area contributed by atoms with E-state index in [1.54, 1.807) is 37.6 Å². The Morgan fingerprint density at radius 1 is 0.962 bits per heavy atom. The molecular formula is C21H21N3O2. The molecule has 2 N–H and O–H groups in total. The van der Waals surface area contributed by atoms with Crippen molar-refractivity contribution in [1.82, 2.24) is 4.98 Å². The summed E-state index contributed by atoms with van der Waals surface area (Å²) in [5.41, 5.74) is 3.46. The quantitative estimate of drug-likeness (QED) is 0.681. The van der Waals surface area contributed by atoms with Crippen LogP contribution in [0.2, 0.25) is 0 Å². The van der Waals surface area contributed by atoms with Gasteiger partial charge in [-0.15, -0.1) is 0 Å². The molecule has 1 heterocycles. The molecule has 26 heavy (non-hydrogen) atoms. The van der Waals surface area contributed by atoms with Gasteiger partial charge in [0.15, 0.2) is 0 Å². The number of aryl methyl sites for hydroxylation is 1. The summed E-state index contributed by atoms with van der Waals surface area (Å²) < 4.78 is 5.09. The predicted molar refractivity (Wildman–Crippen MR) is 104 cm³/mol. The van der Waals surface area contributed by atoms with Crippen molar-refractivity contribution in [3.63, 3.8) is 0 Å². The second-order valence-electron chi connectivity index (χ2n) is 5.79. The molecule has 1 aromatic heterocycles. The molecule has 0 spiro atoms. The molecule has 1 amide bonds. The van der Waals surface area contributed by atoms with Crippen molar-refractivity contribution in [1.29, 1.82) is 0 Å². The Balaban J connectivity index is 1.62. The Hall–Kier alpha value is -3.34. The van der Waals surface area contributed by atoms with Gasteiger partial charge >= 0.3 is 0 Å². The summed E-state index contributed by atoms with van der Waals surface area (Å²) >= 11 is 0. The topological polar surface area (TPSA) is 63.2 Å². The molecule has 0 bridgehead atoms. The summed E-state index contributed by atoms with van der Waals surface area (Å²) in [6.45, 7) is 2.13. The van der Waals surface area contributed by atoms with Crippen molar-refractivity contribution in [2.45, 2.75) is 13.3 Å². The molecule has 132 valence electrons. The molecule has 5 nitrogen and oxygen atoms in total. The highest BCUT2D eigenvalue weighted by molar-refractivity contribution is 6.04. The van der Waals surface area contributed by atoms with E-state index in [4.69, 9.17) is 4.74 Å². The minimum absolute atomic E-state index is 0.190. The number of rotatable bonds is 6. The maximum atomic E-state index is 12.3. The van der Waals surface area contributed by atoms with Gasteiger partial charge in [-0.3, -0.25) is 4.79 Å². The van der Waals surface area contributed by atoms with E-state index in [0.717, 1.165) is 17.9 Å². The second kappa shape index (κ2) is 8.16. The highest BCUT2D eigenvalue weighted by atomic mass is 16.5. The fourth-order valence-corrected chi connectivity index (χ4v) is 2.46. The molecular weight excluding hydrogens is 326 g/mol. The lowest BCUT2D eigenvalue weighted by Crippen LogP contribution is -2.12. The number of carbonyl (C=O) groups is 1. The third-order valence-electron chi connectivity index (χ3n) is 4.01. The number of carbonyl (C=O) groups excluding carboxylic acids is 1. The van der Waals surface area contributed by atoms with E-state index in [-0.39, 0.29) is 5.91 Å². The van der Waals surface area contributed by atoms with Crippen LogP contribution < -0.4 is 15.4 Å². The van der Waals surface area contributed by atoms with E-state index in [1.165, 1.54) is 5.56 Å². The number of nitrogens with one attached hydrogen (secondary N) is 2. The SMILES string of the molecule is CCc1ccc(Nc2ccc(NC(=O)c3ccc(OC)cc3)cn2)cc1. The fourth-order valence-electron chi connectivity index (χ4n) is 2.46. The first-order valence-electron chi connectivity index (χ1n) is 8.45. The lowest BCUT2D eigenvalue weighted by molar-refractivity contribution is 0.102. The van der Waals surface area contributed by atoms with Crippen LogP contribution in [-0.2, 0) is 6.42 Å². The van der Waals surface area contributed by atoms with Crippen LogP contribution in [-0.4, -0.2) is 18.0 Å². The molecule has 0 aliphatic carbocycles. The largest absolute Gasteiger partial charge is 0.497 e. The second-order valence-corrected chi connectivity index (χ2v) is 5.79. The Labute approximate surface area is 153 Å². The number of methoxy groups -OCH3 is 1. The number of pyridine rings is 1. The lowest BCUT2D eigenvalue weighted by Gasteiger charge is -2.09. The van der Waals surface area contributed by atoms with Crippen LogP contribution >= 0.6 is 0 Å². The highest BCUT2D eigenvalue weighted by Crippen LogP contribution is 2.18. The zero-order valence-electron chi connectivity index (χ0n) is 14.8. The molecule has 0 radical (unpaired) electrons. The third-order valence-corrected chi connectivity index (χ3v) is 4.01. The molecule has 2 aromatic carbocycles. The van der Waals surface area contributed by atoms with Gasteiger partial charge in [-0.25, -0.2) is 4.98 Å². The number of hydrogen-bond donors (Lipinski definition) is 2. The summed E-state index contributed by atoms with van der Waals surface area (Å²) in [7, 11) is 1.59. The van der Waals surface area contributed by atoms with Crippen LogP contribution in [0.4, 0.5) is 17.2 Å². The summed E-state index contributed by atoms with van der Waals surface area (Å²) in [6, 6.07) is 18.8. The van der Waals surface area contributed by atoms with Gasteiger partial charge in [-0.05, 0) is 60.5 Å². The first kappa shape index (κ1) is 17.5. The van der Waals surface area contributed by atoms with Gasteiger partial charge in [0.2, 0.25) is 0 Å². The first-order chi connectivity index (χ1) is 12.7. The zero-order valence-corrected chi connectivity index (χ0v) is 14.8. The maximum absolute atomic E-state index is 12.3. The Morgan fingerprint density at radius 3 is 2.23 bits per heavy atom. The van der Waals surface area contributed by atoms with Gasteiger partial charge in [0, 0.05) is 11.3 Å². The average Bonchev–Trinajstić information content (AvgIpc) is 2.70. The minimum atomic E-state index is -0.190. The molecule has 3 rings (SSSR count). The standard InChI is InChI=1S/C21H21N3O2/c1-3-15-4-8-17(9-5-15)23-20-13-10-18(14-22-20)24-21(25)16-6-11-19(26-2)12-7-16/h4-14H,3H2,1-2H3,(H,22,23)(H,24,25). The third kappa shape index (κ3) is 4.39. The molecule has 3 aromatic rings. The Morgan fingerprint density at radius 2 is 1.65 bits per heavy atom. The molecule has 0 unspecified atom stereocenters. The molecule has 0 fully saturated rings. The predicted octanol–water partition coefficient (Wildman–Crippen LogP) is 4.65. The van der Waals surface area contributed by atoms with Gasteiger partial charge in [-0.2, -0.15) is 0 Å². The smallest absolute Gasteiger partial charge is 0.255 e. The van der Waals surface area contributed by atoms with Crippen molar-refractivity contribution in [3.8, 4) is 5.75 Å². The number of amides is 1. The van der Waals surface area contributed by atoms with Crippen LogP contribution in [0, 0.1) is 0 Å². The molecule has 0 atom stereocenters. The van der Waals surface area contributed by atoms with Gasteiger partial charge in [-0.1, -0.05) is 19.1 Å². The van der Waals surface area contributed by atoms with Gasteiger partial charge in [0.1, 0.15) is 11.6 Å². The maximum Gasteiger partial charge on any atom is 0.255 e. The molecule has 0 saturated carbocycles. The summed E-state index contributed by atoms with van der Waals surface area (Å²) in [6.07, 6.45) is 2.64. The zero-order chi connectivity index (χ0) is 18.4. The average molecular weight is 347 g/mol. The van der Waals surface area contributed by atoms with Crippen molar-refractivity contribution >= 4 is 23.1 Å². The van der Waals surface area contributed by atoms with Crippen molar-refractivity contribution in [2.24, 2.45) is 0 Å². The van der Waals surface area contributed by atoms with Crippen LogP contribution in [0.15, 0.2) is 66.9 Å². The van der Waals surface area contributed by atoms with Crippen LogP contribution in [0.25, 0.3) is 0 Å². The number of nitrogens with zero attached hydrogens (tertiary/aromatic N) is 1. The molecule has 0 aliphatic heterocycles. The van der Waals surface area contributed by atoms with Crippen LogP contribution in [0.1, 0.15) is 22.8 Å².